The van der Waals surface area contributed by atoms with Crippen LogP contribution in [0.5, 0.6) is 11.5 Å². The zero-order valence-electron chi connectivity index (χ0n) is 14.9. The maximum absolute atomic E-state index is 12.0. The van der Waals surface area contributed by atoms with Crippen LogP contribution >= 0.6 is 0 Å². The SMILES string of the molecule is COc1ccc(NC(=O)NCC#Cc2ccc(C(C)=O)cc2)c(OC)c1. The van der Waals surface area contributed by atoms with Gasteiger partial charge in [0.25, 0.3) is 0 Å². The molecule has 0 radical (unpaired) electrons. The van der Waals surface area contributed by atoms with E-state index in [1.54, 1.807) is 49.6 Å². The van der Waals surface area contributed by atoms with Gasteiger partial charge in [0.2, 0.25) is 0 Å². The van der Waals surface area contributed by atoms with Crippen molar-refractivity contribution in [2.24, 2.45) is 0 Å². The molecule has 0 bridgehead atoms. The number of ketones is 1. The molecule has 0 unspecified atom stereocenters. The minimum absolute atomic E-state index is 0.0109. The van der Waals surface area contributed by atoms with Gasteiger partial charge in [-0.3, -0.25) is 4.79 Å². The van der Waals surface area contributed by atoms with E-state index in [2.05, 4.69) is 22.5 Å². The van der Waals surface area contributed by atoms with Gasteiger partial charge in [-0.1, -0.05) is 24.0 Å². The average molecular weight is 352 g/mol. The second-order valence-electron chi connectivity index (χ2n) is 5.31. The summed E-state index contributed by atoms with van der Waals surface area (Å²) in [6.45, 7) is 1.69. The number of benzene rings is 2. The van der Waals surface area contributed by atoms with Gasteiger partial charge in [-0.15, -0.1) is 0 Å². The first-order valence-corrected chi connectivity index (χ1v) is 7.90. The van der Waals surface area contributed by atoms with Crippen LogP contribution in [0.25, 0.3) is 0 Å². The van der Waals surface area contributed by atoms with Gasteiger partial charge in [0.05, 0.1) is 26.5 Å². The van der Waals surface area contributed by atoms with E-state index < -0.39 is 6.03 Å². The van der Waals surface area contributed by atoms with Gasteiger partial charge in [0, 0.05) is 17.2 Å². The monoisotopic (exact) mass is 352 g/mol. The van der Waals surface area contributed by atoms with Crippen molar-refractivity contribution in [2.45, 2.75) is 6.92 Å². The highest BCUT2D eigenvalue weighted by Gasteiger charge is 2.08. The van der Waals surface area contributed by atoms with Crippen LogP contribution in [-0.4, -0.2) is 32.6 Å². The summed E-state index contributed by atoms with van der Waals surface area (Å²) in [5.74, 6) is 6.92. The van der Waals surface area contributed by atoms with E-state index >= 15 is 0 Å². The molecule has 0 saturated heterocycles. The third-order valence-corrected chi connectivity index (χ3v) is 3.52. The second-order valence-corrected chi connectivity index (χ2v) is 5.31. The van der Waals surface area contributed by atoms with Crippen LogP contribution in [0.4, 0.5) is 10.5 Å². The van der Waals surface area contributed by atoms with Crippen LogP contribution in [0.3, 0.4) is 0 Å². The highest BCUT2D eigenvalue weighted by atomic mass is 16.5. The maximum atomic E-state index is 12.0. The molecule has 0 fully saturated rings. The Morgan fingerprint density at radius 2 is 1.77 bits per heavy atom. The van der Waals surface area contributed by atoms with E-state index in [9.17, 15) is 9.59 Å². The van der Waals surface area contributed by atoms with Gasteiger partial charge in [0.1, 0.15) is 11.5 Å². The highest BCUT2D eigenvalue weighted by molar-refractivity contribution is 5.94. The minimum atomic E-state index is -0.394. The zero-order chi connectivity index (χ0) is 18.9. The number of anilines is 1. The number of ether oxygens (including phenoxy) is 2. The molecule has 134 valence electrons. The predicted molar refractivity (Wildman–Crippen MR) is 99.9 cm³/mol. The molecule has 0 aliphatic rings. The third-order valence-electron chi connectivity index (χ3n) is 3.52. The molecule has 0 atom stereocenters. The predicted octanol–water partition coefficient (Wildman–Crippen LogP) is 3.08. The summed E-state index contributed by atoms with van der Waals surface area (Å²) in [7, 11) is 3.07. The van der Waals surface area contributed by atoms with E-state index in [0.29, 0.717) is 22.7 Å². The molecule has 0 heterocycles. The fraction of sp³-hybridized carbons (Fsp3) is 0.200. The summed E-state index contributed by atoms with van der Waals surface area (Å²) in [6, 6.07) is 11.7. The Hall–Kier alpha value is -3.46. The maximum Gasteiger partial charge on any atom is 0.320 e. The average Bonchev–Trinajstić information content (AvgIpc) is 2.66. The number of amides is 2. The lowest BCUT2D eigenvalue weighted by Crippen LogP contribution is -2.29. The molecule has 0 aliphatic heterocycles. The fourth-order valence-electron chi connectivity index (χ4n) is 2.13. The lowest BCUT2D eigenvalue weighted by molar-refractivity contribution is 0.101. The van der Waals surface area contributed by atoms with Crippen molar-refractivity contribution >= 4 is 17.5 Å². The van der Waals surface area contributed by atoms with Gasteiger partial charge >= 0.3 is 6.03 Å². The van der Waals surface area contributed by atoms with Gasteiger partial charge in [-0.05, 0) is 31.2 Å². The molecular weight excluding hydrogens is 332 g/mol. The number of carbonyl (C=O) groups is 2. The first-order chi connectivity index (χ1) is 12.5. The summed E-state index contributed by atoms with van der Waals surface area (Å²) in [5, 5.41) is 5.34. The number of rotatable bonds is 5. The van der Waals surface area contributed by atoms with Crippen LogP contribution in [0.1, 0.15) is 22.8 Å². The Morgan fingerprint density at radius 3 is 2.38 bits per heavy atom. The Balaban J connectivity index is 1.89. The summed E-state index contributed by atoms with van der Waals surface area (Å²) >= 11 is 0. The number of methoxy groups -OCH3 is 2. The Morgan fingerprint density at radius 1 is 1.04 bits per heavy atom. The van der Waals surface area contributed by atoms with Gasteiger partial charge < -0.3 is 20.1 Å². The zero-order valence-corrected chi connectivity index (χ0v) is 14.9. The van der Waals surface area contributed by atoms with Crippen molar-refractivity contribution in [2.75, 3.05) is 26.1 Å². The van der Waals surface area contributed by atoms with Crippen molar-refractivity contribution < 1.29 is 19.1 Å². The first-order valence-electron chi connectivity index (χ1n) is 7.90. The van der Waals surface area contributed by atoms with Crippen LogP contribution < -0.4 is 20.1 Å². The van der Waals surface area contributed by atoms with Crippen molar-refractivity contribution in [1.82, 2.24) is 5.32 Å². The molecule has 2 rings (SSSR count). The van der Waals surface area contributed by atoms with Crippen molar-refractivity contribution in [3.05, 3.63) is 53.6 Å². The molecule has 0 spiro atoms. The quantitative estimate of drug-likeness (QED) is 0.640. The lowest BCUT2D eigenvalue weighted by Gasteiger charge is -2.11. The third kappa shape index (κ3) is 5.28. The molecular formula is C20H20N2O4. The Kier molecular flexibility index (Phi) is 6.63. The van der Waals surface area contributed by atoms with Gasteiger partial charge in [-0.25, -0.2) is 4.79 Å². The molecule has 2 aromatic carbocycles. The highest BCUT2D eigenvalue weighted by Crippen LogP contribution is 2.28. The number of nitrogens with one attached hydrogen (secondary N) is 2. The van der Waals surface area contributed by atoms with E-state index in [-0.39, 0.29) is 12.3 Å². The topological polar surface area (TPSA) is 76.7 Å². The van der Waals surface area contributed by atoms with Gasteiger partial charge in [-0.2, -0.15) is 0 Å². The number of Topliss-reactive ketones (excluding diaryl/α,β-unsaturated/α-hetero) is 1. The summed E-state index contributed by atoms with van der Waals surface area (Å²) < 4.78 is 10.3. The van der Waals surface area contributed by atoms with Crippen LogP contribution in [0, 0.1) is 11.8 Å². The smallest absolute Gasteiger partial charge is 0.320 e. The summed E-state index contributed by atoms with van der Waals surface area (Å²) in [6.07, 6.45) is 0. The molecule has 2 aromatic rings. The molecule has 2 N–H and O–H groups in total. The molecule has 0 saturated carbocycles. The molecule has 6 heteroatoms. The normalized spacial score (nSPS) is 9.50. The number of hydrogen-bond donors (Lipinski definition) is 2. The molecule has 2 amide bonds. The van der Waals surface area contributed by atoms with E-state index in [1.807, 2.05) is 0 Å². The Bertz CT molecular complexity index is 848. The van der Waals surface area contributed by atoms with Crippen LogP contribution in [0.15, 0.2) is 42.5 Å². The Labute approximate surface area is 152 Å². The lowest BCUT2D eigenvalue weighted by atomic mass is 10.1. The van der Waals surface area contributed by atoms with Crippen LogP contribution in [0.2, 0.25) is 0 Å². The summed E-state index contributed by atoms with van der Waals surface area (Å²) in [4.78, 5) is 23.2. The molecule has 6 nitrogen and oxygen atoms in total. The van der Waals surface area contributed by atoms with E-state index in [4.69, 9.17) is 9.47 Å². The number of urea groups is 1. The summed E-state index contributed by atoms with van der Waals surface area (Å²) in [5.41, 5.74) is 1.94. The fourth-order valence-corrected chi connectivity index (χ4v) is 2.13. The largest absolute Gasteiger partial charge is 0.497 e. The second kappa shape index (κ2) is 9.14. The van der Waals surface area contributed by atoms with E-state index in [0.717, 1.165) is 5.56 Å². The molecule has 0 aromatic heterocycles. The van der Waals surface area contributed by atoms with Crippen molar-refractivity contribution in [3.8, 4) is 23.3 Å². The minimum Gasteiger partial charge on any atom is -0.497 e. The van der Waals surface area contributed by atoms with Gasteiger partial charge in [0.15, 0.2) is 5.78 Å². The molecule has 26 heavy (non-hydrogen) atoms. The van der Waals surface area contributed by atoms with E-state index in [1.165, 1.54) is 14.0 Å². The van der Waals surface area contributed by atoms with Crippen LogP contribution in [-0.2, 0) is 0 Å². The standard InChI is InChI=1S/C20H20N2O4/c1-14(23)16-8-6-15(7-9-16)5-4-12-21-20(24)22-18-11-10-17(25-2)13-19(18)26-3/h6-11,13H,12H2,1-3H3,(H2,21,22,24). The number of hydrogen-bond acceptors (Lipinski definition) is 4. The van der Waals surface area contributed by atoms with Crippen molar-refractivity contribution in [1.29, 1.82) is 0 Å². The number of carbonyl (C=O) groups excluding carboxylic acids is 2. The first kappa shape index (κ1) is 18.9. The molecule has 0 aliphatic carbocycles. The van der Waals surface area contributed by atoms with Crippen molar-refractivity contribution in [3.63, 3.8) is 0 Å².